The third-order valence-electron chi connectivity index (χ3n) is 5.45. The third kappa shape index (κ3) is 6.35. The molecule has 0 spiro atoms. The van der Waals surface area contributed by atoms with Gasteiger partial charge in [-0.05, 0) is 47.7 Å². The van der Waals surface area contributed by atoms with Crippen LogP contribution in [0.4, 0.5) is 0 Å². The van der Waals surface area contributed by atoms with Crippen LogP contribution in [0.25, 0.3) is 6.08 Å². The summed E-state index contributed by atoms with van der Waals surface area (Å²) in [6.45, 7) is 6.19. The lowest BCUT2D eigenvalue weighted by molar-refractivity contribution is -0.149. The molecule has 166 valence electrons. The molecule has 2 unspecified atom stereocenters. The molecule has 1 amide bonds. The summed E-state index contributed by atoms with van der Waals surface area (Å²) in [5.41, 5.74) is 2.99. The van der Waals surface area contributed by atoms with Crippen LogP contribution in [0.3, 0.4) is 0 Å². The number of ether oxygens (including phenoxy) is 2. The van der Waals surface area contributed by atoms with E-state index in [1.54, 1.807) is 25.3 Å². The van der Waals surface area contributed by atoms with Crippen LogP contribution in [0.15, 0.2) is 48.5 Å². The van der Waals surface area contributed by atoms with Gasteiger partial charge in [0.25, 0.3) is 0 Å². The van der Waals surface area contributed by atoms with Gasteiger partial charge >= 0.3 is 5.97 Å². The van der Waals surface area contributed by atoms with Crippen molar-refractivity contribution in [3.8, 4) is 11.5 Å². The summed E-state index contributed by atoms with van der Waals surface area (Å²) in [5.74, 6) is -0.361. The predicted octanol–water partition coefficient (Wildman–Crippen LogP) is 4.55. The Labute approximate surface area is 184 Å². The fourth-order valence-corrected chi connectivity index (χ4v) is 3.27. The molecule has 0 heterocycles. The number of hydrogen-bond donors (Lipinski definition) is 1. The van der Waals surface area contributed by atoms with Gasteiger partial charge < -0.3 is 19.5 Å². The number of benzene rings is 2. The van der Waals surface area contributed by atoms with Crippen molar-refractivity contribution in [3.63, 3.8) is 0 Å². The Hall–Kier alpha value is -3.28. The van der Waals surface area contributed by atoms with Crippen molar-refractivity contribution >= 4 is 18.0 Å². The first-order chi connectivity index (χ1) is 14.8. The molecule has 1 N–H and O–H groups in total. The van der Waals surface area contributed by atoms with Gasteiger partial charge in [-0.2, -0.15) is 0 Å². The number of hydrogen-bond acceptors (Lipinski definition) is 4. The van der Waals surface area contributed by atoms with Crippen molar-refractivity contribution in [1.29, 1.82) is 0 Å². The van der Waals surface area contributed by atoms with Crippen molar-refractivity contribution in [2.75, 3.05) is 14.2 Å². The lowest BCUT2D eigenvalue weighted by Crippen LogP contribution is -2.45. The molecule has 2 atom stereocenters. The number of amides is 1. The highest BCUT2D eigenvalue weighted by atomic mass is 16.5. The minimum Gasteiger partial charge on any atom is -0.493 e. The largest absolute Gasteiger partial charge is 0.493 e. The molecule has 6 heteroatoms. The SMILES string of the molecule is CCC(C)C(C(=O)O)N(C)C(=O)/C=C/c1ccc(OCc2ccccc2C)c(OC)c1. The Balaban J connectivity index is 2.11. The third-order valence-corrected chi connectivity index (χ3v) is 5.45. The molecule has 0 saturated heterocycles. The van der Waals surface area contributed by atoms with E-state index in [1.165, 1.54) is 18.0 Å². The first-order valence-corrected chi connectivity index (χ1v) is 10.3. The van der Waals surface area contributed by atoms with Crippen molar-refractivity contribution in [1.82, 2.24) is 4.90 Å². The Kier molecular flexibility index (Phi) is 8.67. The maximum atomic E-state index is 12.5. The number of rotatable bonds is 10. The number of carboxylic acid groups (broad SMARTS) is 1. The molecule has 2 rings (SSSR count). The van der Waals surface area contributed by atoms with Crippen LogP contribution in [0.2, 0.25) is 0 Å². The van der Waals surface area contributed by atoms with E-state index < -0.39 is 12.0 Å². The molecule has 6 nitrogen and oxygen atoms in total. The quantitative estimate of drug-likeness (QED) is 0.565. The average Bonchev–Trinajstić information content (AvgIpc) is 2.76. The number of methoxy groups -OCH3 is 1. The second-order valence-corrected chi connectivity index (χ2v) is 7.58. The van der Waals surface area contributed by atoms with E-state index in [4.69, 9.17) is 9.47 Å². The topological polar surface area (TPSA) is 76.1 Å². The van der Waals surface area contributed by atoms with Crippen LogP contribution in [-0.2, 0) is 16.2 Å². The summed E-state index contributed by atoms with van der Waals surface area (Å²) in [6, 6.07) is 12.5. The zero-order chi connectivity index (χ0) is 23.0. The average molecular weight is 426 g/mol. The highest BCUT2D eigenvalue weighted by Crippen LogP contribution is 2.29. The zero-order valence-electron chi connectivity index (χ0n) is 18.8. The summed E-state index contributed by atoms with van der Waals surface area (Å²) < 4.78 is 11.4. The van der Waals surface area contributed by atoms with E-state index in [1.807, 2.05) is 51.1 Å². The minimum absolute atomic E-state index is 0.148. The molecule has 0 aliphatic rings. The molecular weight excluding hydrogens is 394 g/mol. The lowest BCUT2D eigenvalue weighted by Gasteiger charge is -2.28. The number of carboxylic acids is 1. The Morgan fingerprint density at radius 2 is 1.87 bits per heavy atom. The van der Waals surface area contributed by atoms with Crippen molar-refractivity contribution in [2.45, 2.75) is 39.8 Å². The van der Waals surface area contributed by atoms with E-state index in [0.29, 0.717) is 24.5 Å². The van der Waals surface area contributed by atoms with Crippen molar-refractivity contribution in [2.24, 2.45) is 5.92 Å². The number of aryl methyl sites for hydroxylation is 1. The van der Waals surface area contributed by atoms with Gasteiger partial charge in [-0.1, -0.05) is 50.6 Å². The van der Waals surface area contributed by atoms with Crippen molar-refractivity contribution in [3.05, 3.63) is 65.2 Å². The molecule has 0 aliphatic heterocycles. The molecule has 0 radical (unpaired) electrons. The van der Waals surface area contributed by atoms with E-state index in [-0.39, 0.29) is 11.8 Å². The van der Waals surface area contributed by atoms with E-state index >= 15 is 0 Å². The molecule has 0 saturated carbocycles. The minimum atomic E-state index is -1.00. The molecule has 0 fully saturated rings. The maximum absolute atomic E-state index is 12.5. The van der Waals surface area contributed by atoms with Crippen LogP contribution in [0.5, 0.6) is 11.5 Å². The second kappa shape index (κ2) is 11.2. The fraction of sp³-hybridized carbons (Fsp3) is 0.360. The Bertz CT molecular complexity index is 937. The number of nitrogens with zero attached hydrogens (tertiary/aromatic N) is 1. The van der Waals surface area contributed by atoms with Gasteiger partial charge in [-0.3, -0.25) is 4.79 Å². The number of aliphatic carboxylic acids is 1. The Morgan fingerprint density at radius 1 is 1.16 bits per heavy atom. The summed E-state index contributed by atoms with van der Waals surface area (Å²) in [6.07, 6.45) is 3.68. The molecule has 0 aliphatic carbocycles. The van der Waals surface area contributed by atoms with Crippen LogP contribution in [0, 0.1) is 12.8 Å². The van der Waals surface area contributed by atoms with Gasteiger partial charge in [-0.15, -0.1) is 0 Å². The smallest absolute Gasteiger partial charge is 0.326 e. The fourth-order valence-electron chi connectivity index (χ4n) is 3.27. The summed E-state index contributed by atoms with van der Waals surface area (Å²) >= 11 is 0. The van der Waals surface area contributed by atoms with Crippen molar-refractivity contribution < 1.29 is 24.2 Å². The van der Waals surface area contributed by atoms with Crippen LogP contribution >= 0.6 is 0 Å². The van der Waals surface area contributed by atoms with Gasteiger partial charge in [0.05, 0.1) is 7.11 Å². The first-order valence-electron chi connectivity index (χ1n) is 10.3. The number of likely N-dealkylation sites (N-methyl/N-ethyl adjacent to an activating group) is 1. The lowest BCUT2D eigenvalue weighted by atomic mass is 9.98. The highest BCUT2D eigenvalue weighted by Gasteiger charge is 2.29. The van der Waals surface area contributed by atoms with Gasteiger partial charge in [0.1, 0.15) is 12.6 Å². The molecule has 0 bridgehead atoms. The van der Waals surface area contributed by atoms with E-state index in [0.717, 1.165) is 16.7 Å². The molecule has 2 aromatic carbocycles. The van der Waals surface area contributed by atoms with Crippen LogP contribution < -0.4 is 9.47 Å². The predicted molar refractivity (Wildman–Crippen MR) is 121 cm³/mol. The summed E-state index contributed by atoms with van der Waals surface area (Å²) in [4.78, 5) is 25.4. The molecule has 31 heavy (non-hydrogen) atoms. The standard InChI is InChI=1S/C25H31NO5/c1-6-17(2)24(25(28)29)26(4)23(27)14-12-19-11-13-21(22(15-19)30-5)31-16-20-10-8-7-9-18(20)3/h7-15,17,24H,6,16H2,1-5H3,(H,28,29)/b14-12+. The molecule has 0 aromatic heterocycles. The zero-order valence-corrected chi connectivity index (χ0v) is 18.8. The molecule has 2 aromatic rings. The normalized spacial score (nSPS) is 12.9. The molecular formula is C25H31NO5. The van der Waals surface area contributed by atoms with E-state index in [9.17, 15) is 14.7 Å². The van der Waals surface area contributed by atoms with Gasteiger partial charge in [-0.25, -0.2) is 4.79 Å². The van der Waals surface area contributed by atoms with E-state index in [2.05, 4.69) is 0 Å². The van der Waals surface area contributed by atoms with Gasteiger partial charge in [0.2, 0.25) is 5.91 Å². The highest BCUT2D eigenvalue weighted by molar-refractivity contribution is 5.94. The van der Waals surface area contributed by atoms with Crippen LogP contribution in [-0.4, -0.2) is 42.1 Å². The van der Waals surface area contributed by atoms with Crippen LogP contribution in [0.1, 0.15) is 37.0 Å². The summed E-state index contributed by atoms with van der Waals surface area (Å²) in [5, 5.41) is 9.48. The number of carbonyl (C=O) groups excluding carboxylic acids is 1. The number of carbonyl (C=O) groups is 2. The van der Waals surface area contributed by atoms with Gasteiger partial charge in [0, 0.05) is 13.1 Å². The monoisotopic (exact) mass is 425 g/mol. The maximum Gasteiger partial charge on any atom is 0.326 e. The second-order valence-electron chi connectivity index (χ2n) is 7.58. The van der Waals surface area contributed by atoms with Gasteiger partial charge in [0.15, 0.2) is 11.5 Å². The Morgan fingerprint density at radius 3 is 2.48 bits per heavy atom. The first kappa shape index (κ1) is 24.0. The summed E-state index contributed by atoms with van der Waals surface area (Å²) in [7, 11) is 3.08.